The number of rotatable bonds is 7. The summed E-state index contributed by atoms with van der Waals surface area (Å²) in [4.78, 5) is 21.2. The van der Waals surface area contributed by atoms with Crippen LogP contribution in [0.15, 0.2) is 35.8 Å². The third-order valence-corrected chi connectivity index (χ3v) is 5.37. The minimum absolute atomic E-state index is 0.0983. The molecule has 2 aromatic rings. The largest absolute Gasteiger partial charge is 0.497 e. The maximum Gasteiger partial charge on any atom is 0.234 e. The van der Waals surface area contributed by atoms with Gasteiger partial charge in [-0.25, -0.2) is 4.98 Å². The predicted molar refractivity (Wildman–Crippen MR) is 105 cm³/mol. The van der Waals surface area contributed by atoms with Gasteiger partial charge in [-0.2, -0.15) is 0 Å². The quantitative estimate of drug-likeness (QED) is 0.804. The first kappa shape index (κ1) is 18.7. The van der Waals surface area contributed by atoms with E-state index in [0.29, 0.717) is 13.1 Å². The van der Waals surface area contributed by atoms with Crippen LogP contribution in [-0.4, -0.2) is 62.2 Å². The van der Waals surface area contributed by atoms with Crippen LogP contribution in [0.1, 0.15) is 12.0 Å². The lowest BCUT2D eigenvalue weighted by Gasteiger charge is -2.21. The Bertz CT molecular complexity index is 675. The first-order valence-corrected chi connectivity index (χ1v) is 9.89. The summed E-state index contributed by atoms with van der Waals surface area (Å²) in [5, 5.41) is 6.12. The highest BCUT2D eigenvalue weighted by molar-refractivity contribution is 7.13. The van der Waals surface area contributed by atoms with Gasteiger partial charge in [0.15, 0.2) is 5.13 Å². The minimum atomic E-state index is 0.0983. The molecule has 0 radical (unpaired) electrons. The molecule has 140 valence electrons. The number of aromatic nitrogens is 1. The van der Waals surface area contributed by atoms with Crippen molar-refractivity contribution in [1.29, 1.82) is 0 Å². The Morgan fingerprint density at radius 2 is 2.08 bits per heavy atom. The van der Waals surface area contributed by atoms with E-state index in [2.05, 4.69) is 20.1 Å². The zero-order chi connectivity index (χ0) is 18.2. The summed E-state index contributed by atoms with van der Waals surface area (Å²) in [5.41, 5.74) is 1.19. The van der Waals surface area contributed by atoms with E-state index in [1.807, 2.05) is 35.8 Å². The Morgan fingerprint density at radius 3 is 2.81 bits per heavy atom. The van der Waals surface area contributed by atoms with Gasteiger partial charge in [0.05, 0.1) is 13.7 Å². The van der Waals surface area contributed by atoms with Crippen molar-refractivity contribution < 1.29 is 9.53 Å². The Hall–Kier alpha value is -2.12. The van der Waals surface area contributed by atoms with Crippen LogP contribution in [0.25, 0.3) is 0 Å². The normalized spacial score (nSPS) is 15.5. The molecule has 0 saturated carbocycles. The molecule has 0 atom stereocenters. The van der Waals surface area contributed by atoms with Crippen molar-refractivity contribution in [3.8, 4) is 5.75 Å². The maximum atomic E-state index is 12.2. The van der Waals surface area contributed by atoms with E-state index in [-0.39, 0.29) is 5.91 Å². The van der Waals surface area contributed by atoms with Crippen LogP contribution in [0, 0.1) is 0 Å². The van der Waals surface area contributed by atoms with Gasteiger partial charge in [0, 0.05) is 44.3 Å². The summed E-state index contributed by atoms with van der Waals surface area (Å²) in [7, 11) is 1.66. The van der Waals surface area contributed by atoms with E-state index >= 15 is 0 Å². The lowest BCUT2D eigenvalue weighted by Crippen LogP contribution is -2.39. The minimum Gasteiger partial charge on any atom is -0.497 e. The molecule has 1 aromatic carbocycles. The summed E-state index contributed by atoms with van der Waals surface area (Å²) in [6, 6.07) is 7.96. The van der Waals surface area contributed by atoms with Gasteiger partial charge in [0.25, 0.3) is 0 Å². The monoisotopic (exact) mass is 374 g/mol. The predicted octanol–water partition coefficient (Wildman–Crippen LogP) is 2.02. The van der Waals surface area contributed by atoms with Crippen LogP contribution < -0.4 is 15.0 Å². The van der Waals surface area contributed by atoms with E-state index in [4.69, 9.17) is 4.74 Å². The molecule has 0 bridgehead atoms. The van der Waals surface area contributed by atoms with Gasteiger partial charge in [-0.3, -0.25) is 9.69 Å². The molecule has 2 heterocycles. The van der Waals surface area contributed by atoms with E-state index in [1.165, 1.54) is 5.56 Å². The van der Waals surface area contributed by atoms with Gasteiger partial charge in [0.2, 0.25) is 5.91 Å². The van der Waals surface area contributed by atoms with Crippen molar-refractivity contribution in [2.75, 3.05) is 51.3 Å². The van der Waals surface area contributed by atoms with Gasteiger partial charge >= 0.3 is 0 Å². The third-order valence-electron chi connectivity index (χ3n) is 4.54. The fraction of sp³-hybridized carbons (Fsp3) is 0.474. The highest BCUT2D eigenvalue weighted by atomic mass is 32.1. The van der Waals surface area contributed by atoms with Crippen LogP contribution >= 0.6 is 11.3 Å². The Labute approximate surface area is 158 Å². The number of nitrogens with zero attached hydrogens (tertiary/aromatic N) is 3. The lowest BCUT2D eigenvalue weighted by atomic mass is 10.1. The van der Waals surface area contributed by atoms with Crippen LogP contribution in [0.2, 0.25) is 0 Å². The zero-order valence-electron chi connectivity index (χ0n) is 15.2. The Kier molecular flexibility index (Phi) is 6.85. The van der Waals surface area contributed by atoms with Crippen molar-refractivity contribution in [3.05, 3.63) is 41.4 Å². The average molecular weight is 375 g/mol. The highest BCUT2D eigenvalue weighted by Gasteiger charge is 2.18. The number of nitrogens with one attached hydrogen (secondary N) is 1. The molecule has 0 spiro atoms. The van der Waals surface area contributed by atoms with Crippen molar-refractivity contribution in [2.24, 2.45) is 0 Å². The number of carbonyl (C=O) groups excluding carboxylic acids is 1. The van der Waals surface area contributed by atoms with E-state index in [9.17, 15) is 4.79 Å². The average Bonchev–Trinajstić information content (AvgIpc) is 3.10. The summed E-state index contributed by atoms with van der Waals surface area (Å²) in [6.45, 7) is 4.90. The molecule has 1 saturated heterocycles. The van der Waals surface area contributed by atoms with Crippen molar-refractivity contribution in [3.63, 3.8) is 0 Å². The number of thiazole rings is 1. The number of amides is 1. The lowest BCUT2D eigenvalue weighted by molar-refractivity contribution is -0.122. The Morgan fingerprint density at radius 1 is 1.23 bits per heavy atom. The molecular formula is C19H26N4O2S. The number of carbonyl (C=O) groups is 1. The van der Waals surface area contributed by atoms with Crippen LogP contribution in [0.3, 0.4) is 0 Å². The smallest absolute Gasteiger partial charge is 0.234 e. The molecular weight excluding hydrogens is 348 g/mol. The van der Waals surface area contributed by atoms with Crippen molar-refractivity contribution in [2.45, 2.75) is 12.8 Å². The van der Waals surface area contributed by atoms with Gasteiger partial charge < -0.3 is 15.0 Å². The molecule has 0 unspecified atom stereocenters. The van der Waals surface area contributed by atoms with E-state index < -0.39 is 0 Å². The van der Waals surface area contributed by atoms with Crippen molar-refractivity contribution >= 4 is 22.4 Å². The number of methoxy groups -OCH3 is 1. The molecule has 6 nitrogen and oxygen atoms in total. The third kappa shape index (κ3) is 5.44. The molecule has 1 aliphatic rings. The molecule has 7 heteroatoms. The number of benzene rings is 1. The molecule has 3 rings (SSSR count). The summed E-state index contributed by atoms with van der Waals surface area (Å²) >= 11 is 1.67. The molecule has 1 aromatic heterocycles. The number of anilines is 1. The molecule has 0 aliphatic carbocycles. The fourth-order valence-corrected chi connectivity index (χ4v) is 3.79. The van der Waals surface area contributed by atoms with Crippen LogP contribution in [0.5, 0.6) is 5.75 Å². The molecule has 1 amide bonds. The SMILES string of the molecule is COc1ccc(CCNC(=O)CN2CCCN(c3nccs3)CC2)cc1. The number of hydrogen-bond acceptors (Lipinski definition) is 6. The highest BCUT2D eigenvalue weighted by Crippen LogP contribution is 2.18. The number of ether oxygens (including phenoxy) is 1. The van der Waals surface area contributed by atoms with Gasteiger partial charge in [-0.15, -0.1) is 11.3 Å². The van der Waals surface area contributed by atoms with E-state index in [0.717, 1.165) is 49.9 Å². The molecule has 1 fully saturated rings. The summed E-state index contributed by atoms with van der Waals surface area (Å²) in [6.07, 6.45) is 3.73. The maximum absolute atomic E-state index is 12.2. The second-order valence-electron chi connectivity index (χ2n) is 6.38. The van der Waals surface area contributed by atoms with Crippen LogP contribution in [0.4, 0.5) is 5.13 Å². The second kappa shape index (κ2) is 9.54. The molecule has 1 aliphatic heterocycles. The first-order valence-electron chi connectivity index (χ1n) is 9.01. The standard InChI is InChI=1S/C19H26N4O2S/c1-25-17-5-3-16(4-6-17)7-8-20-18(24)15-22-10-2-11-23(13-12-22)19-21-9-14-26-19/h3-6,9,14H,2,7-8,10-13,15H2,1H3,(H,20,24). The van der Waals surface area contributed by atoms with Gasteiger partial charge in [-0.05, 0) is 30.5 Å². The zero-order valence-corrected chi connectivity index (χ0v) is 16.0. The first-order chi connectivity index (χ1) is 12.7. The summed E-state index contributed by atoms with van der Waals surface area (Å²) in [5.74, 6) is 0.951. The second-order valence-corrected chi connectivity index (χ2v) is 7.25. The Balaban J connectivity index is 1.37. The molecule has 1 N–H and O–H groups in total. The summed E-state index contributed by atoms with van der Waals surface area (Å²) < 4.78 is 5.16. The van der Waals surface area contributed by atoms with Gasteiger partial charge in [-0.1, -0.05) is 12.1 Å². The topological polar surface area (TPSA) is 57.7 Å². The van der Waals surface area contributed by atoms with E-state index in [1.54, 1.807) is 18.4 Å². The van der Waals surface area contributed by atoms with Gasteiger partial charge in [0.1, 0.15) is 5.75 Å². The van der Waals surface area contributed by atoms with Crippen molar-refractivity contribution in [1.82, 2.24) is 15.2 Å². The van der Waals surface area contributed by atoms with Crippen LogP contribution in [-0.2, 0) is 11.2 Å². The number of hydrogen-bond donors (Lipinski definition) is 1. The fourth-order valence-electron chi connectivity index (χ4n) is 3.09. The molecule has 26 heavy (non-hydrogen) atoms.